The fourth-order valence-electron chi connectivity index (χ4n) is 1.15. The van der Waals surface area contributed by atoms with E-state index in [2.05, 4.69) is 31.2 Å². The van der Waals surface area contributed by atoms with E-state index in [-0.39, 0.29) is 0 Å². The van der Waals surface area contributed by atoms with Gasteiger partial charge in [-0.05, 0) is 25.0 Å². The van der Waals surface area contributed by atoms with E-state index in [1.54, 1.807) is 7.11 Å². The average Bonchev–Trinajstić information content (AvgIpc) is 2.09. The Morgan fingerprint density at radius 2 is 2.00 bits per heavy atom. The Hall–Kier alpha value is -0.820. The van der Waals surface area contributed by atoms with Crippen LogP contribution in [0.5, 0.6) is 0 Å². The molecule has 0 fully saturated rings. The van der Waals surface area contributed by atoms with E-state index in [0.717, 1.165) is 12.5 Å². The van der Waals surface area contributed by atoms with Gasteiger partial charge in [0.05, 0.1) is 6.10 Å². The summed E-state index contributed by atoms with van der Waals surface area (Å²) in [5.41, 5.74) is 2.67. The Bertz CT molecular complexity index is 243. The van der Waals surface area contributed by atoms with Crippen molar-refractivity contribution in [2.45, 2.75) is 20.3 Å². The largest absolute Gasteiger partial charge is 0.375 e. The molecule has 1 nitrogen and oxygen atoms in total. The number of ether oxygens (including phenoxy) is 1. The van der Waals surface area contributed by atoms with Gasteiger partial charge in [-0.15, -0.1) is 0 Å². The SMILES string of the molecule is CO[C](C)Cc1ccccc1C. The molecule has 0 aliphatic carbocycles. The number of hydrogen-bond acceptors (Lipinski definition) is 1. The summed E-state index contributed by atoms with van der Waals surface area (Å²) in [4.78, 5) is 0. The summed E-state index contributed by atoms with van der Waals surface area (Å²) >= 11 is 0. The van der Waals surface area contributed by atoms with Crippen molar-refractivity contribution < 1.29 is 4.74 Å². The topological polar surface area (TPSA) is 9.23 Å². The van der Waals surface area contributed by atoms with Crippen molar-refractivity contribution >= 4 is 0 Å². The third-order valence-corrected chi connectivity index (χ3v) is 2.05. The van der Waals surface area contributed by atoms with E-state index in [1.165, 1.54) is 11.1 Å². The first kappa shape index (κ1) is 9.27. The summed E-state index contributed by atoms with van der Waals surface area (Å²) in [5, 5.41) is 0. The fourth-order valence-corrected chi connectivity index (χ4v) is 1.15. The highest BCUT2D eigenvalue weighted by Gasteiger charge is 2.03. The van der Waals surface area contributed by atoms with Crippen LogP contribution in [0.1, 0.15) is 18.1 Å². The molecule has 65 valence electrons. The van der Waals surface area contributed by atoms with Gasteiger partial charge in [0.1, 0.15) is 0 Å². The van der Waals surface area contributed by atoms with Crippen molar-refractivity contribution in [3.63, 3.8) is 0 Å². The first-order valence-electron chi connectivity index (χ1n) is 4.15. The number of methoxy groups -OCH3 is 1. The van der Waals surface area contributed by atoms with Gasteiger partial charge in [-0.2, -0.15) is 0 Å². The number of benzene rings is 1. The first-order chi connectivity index (χ1) is 5.74. The monoisotopic (exact) mass is 163 g/mol. The van der Waals surface area contributed by atoms with E-state index >= 15 is 0 Å². The van der Waals surface area contributed by atoms with Crippen LogP contribution in [-0.4, -0.2) is 7.11 Å². The fraction of sp³-hybridized carbons (Fsp3) is 0.364. The second kappa shape index (κ2) is 4.27. The number of aryl methyl sites for hydroxylation is 1. The smallest absolute Gasteiger partial charge is 0.0979 e. The molecular weight excluding hydrogens is 148 g/mol. The second-order valence-corrected chi connectivity index (χ2v) is 3.01. The molecule has 0 heterocycles. The van der Waals surface area contributed by atoms with Crippen LogP contribution in [0.4, 0.5) is 0 Å². The summed E-state index contributed by atoms with van der Waals surface area (Å²) in [6.07, 6.45) is 1.98. The molecule has 0 spiro atoms. The molecule has 1 aromatic carbocycles. The molecule has 0 saturated carbocycles. The number of hydrogen-bond donors (Lipinski definition) is 0. The van der Waals surface area contributed by atoms with Gasteiger partial charge in [0.25, 0.3) is 0 Å². The third kappa shape index (κ3) is 2.35. The first-order valence-corrected chi connectivity index (χ1v) is 4.15. The lowest BCUT2D eigenvalue weighted by atomic mass is 10.0. The van der Waals surface area contributed by atoms with Crippen LogP contribution in [0.25, 0.3) is 0 Å². The van der Waals surface area contributed by atoms with Gasteiger partial charge in [-0.25, -0.2) is 0 Å². The number of rotatable bonds is 3. The molecule has 1 aromatic rings. The lowest BCUT2D eigenvalue weighted by molar-refractivity contribution is 0.211. The van der Waals surface area contributed by atoms with Crippen LogP contribution in [0, 0.1) is 13.0 Å². The molecule has 0 amide bonds. The summed E-state index contributed by atoms with van der Waals surface area (Å²) < 4.78 is 5.13. The van der Waals surface area contributed by atoms with Gasteiger partial charge in [0.2, 0.25) is 0 Å². The maximum Gasteiger partial charge on any atom is 0.0979 e. The Morgan fingerprint density at radius 3 is 2.58 bits per heavy atom. The Balaban J connectivity index is 2.69. The maximum absolute atomic E-state index is 5.13. The van der Waals surface area contributed by atoms with E-state index < -0.39 is 0 Å². The van der Waals surface area contributed by atoms with Gasteiger partial charge >= 0.3 is 0 Å². The Morgan fingerprint density at radius 1 is 1.33 bits per heavy atom. The van der Waals surface area contributed by atoms with Crippen LogP contribution < -0.4 is 0 Å². The zero-order valence-corrected chi connectivity index (χ0v) is 7.92. The van der Waals surface area contributed by atoms with E-state index in [9.17, 15) is 0 Å². The highest BCUT2D eigenvalue weighted by molar-refractivity contribution is 5.27. The standard InChI is InChI=1S/C11H15O/c1-9-6-4-5-7-11(9)8-10(2)12-3/h4-7H,8H2,1-3H3. The Kier molecular flexibility index (Phi) is 3.30. The molecule has 0 aromatic heterocycles. The molecule has 0 N–H and O–H groups in total. The van der Waals surface area contributed by atoms with Gasteiger partial charge in [-0.3, -0.25) is 0 Å². The van der Waals surface area contributed by atoms with Gasteiger partial charge in [-0.1, -0.05) is 24.3 Å². The van der Waals surface area contributed by atoms with Gasteiger partial charge in [0.15, 0.2) is 0 Å². The van der Waals surface area contributed by atoms with E-state index in [1.807, 2.05) is 6.92 Å². The van der Waals surface area contributed by atoms with Gasteiger partial charge < -0.3 is 4.74 Å². The summed E-state index contributed by atoms with van der Waals surface area (Å²) in [7, 11) is 1.72. The van der Waals surface area contributed by atoms with E-state index in [0.29, 0.717) is 0 Å². The molecular formula is C11H15O. The second-order valence-electron chi connectivity index (χ2n) is 3.01. The normalized spacial score (nSPS) is 10.7. The lowest BCUT2D eigenvalue weighted by Gasteiger charge is -2.09. The molecule has 0 saturated heterocycles. The van der Waals surface area contributed by atoms with Crippen molar-refractivity contribution in [3.8, 4) is 0 Å². The molecule has 1 heteroatoms. The highest BCUT2D eigenvalue weighted by atomic mass is 16.5. The zero-order valence-electron chi connectivity index (χ0n) is 7.92. The highest BCUT2D eigenvalue weighted by Crippen LogP contribution is 2.14. The quantitative estimate of drug-likeness (QED) is 0.665. The van der Waals surface area contributed by atoms with Crippen LogP contribution in [-0.2, 0) is 11.2 Å². The molecule has 0 aliphatic rings. The zero-order chi connectivity index (χ0) is 8.97. The molecule has 0 unspecified atom stereocenters. The molecule has 1 rings (SSSR count). The molecule has 0 bridgehead atoms. The van der Waals surface area contributed by atoms with Crippen LogP contribution >= 0.6 is 0 Å². The molecule has 0 aliphatic heterocycles. The third-order valence-electron chi connectivity index (χ3n) is 2.05. The Labute approximate surface area is 74.4 Å². The summed E-state index contributed by atoms with van der Waals surface area (Å²) in [6, 6.07) is 8.38. The maximum atomic E-state index is 5.13. The minimum Gasteiger partial charge on any atom is -0.375 e. The molecule has 12 heavy (non-hydrogen) atoms. The van der Waals surface area contributed by atoms with Crippen molar-refractivity contribution in [1.29, 1.82) is 0 Å². The van der Waals surface area contributed by atoms with Gasteiger partial charge in [0, 0.05) is 13.5 Å². The predicted octanol–water partition coefficient (Wildman–Crippen LogP) is 2.74. The lowest BCUT2D eigenvalue weighted by Crippen LogP contribution is -2.00. The molecule has 1 radical (unpaired) electrons. The van der Waals surface area contributed by atoms with Crippen LogP contribution in [0.2, 0.25) is 0 Å². The van der Waals surface area contributed by atoms with Crippen molar-refractivity contribution in [2.24, 2.45) is 0 Å². The predicted molar refractivity (Wildman–Crippen MR) is 50.8 cm³/mol. The van der Waals surface area contributed by atoms with E-state index in [4.69, 9.17) is 4.74 Å². The summed E-state index contributed by atoms with van der Waals surface area (Å²) in [6.45, 7) is 4.13. The minimum absolute atomic E-state index is 0.920. The van der Waals surface area contributed by atoms with Crippen LogP contribution in [0.15, 0.2) is 24.3 Å². The minimum atomic E-state index is 0.920. The van der Waals surface area contributed by atoms with Crippen molar-refractivity contribution in [2.75, 3.05) is 7.11 Å². The molecule has 0 atom stereocenters. The van der Waals surface area contributed by atoms with Crippen molar-refractivity contribution in [3.05, 3.63) is 41.5 Å². The van der Waals surface area contributed by atoms with Crippen molar-refractivity contribution in [1.82, 2.24) is 0 Å². The summed E-state index contributed by atoms with van der Waals surface area (Å²) in [5.74, 6) is 0. The van der Waals surface area contributed by atoms with Crippen LogP contribution in [0.3, 0.4) is 0 Å². The average molecular weight is 163 g/mol.